The van der Waals surface area contributed by atoms with E-state index in [4.69, 9.17) is 10.5 Å². The third-order valence-electron chi connectivity index (χ3n) is 3.60. The van der Waals surface area contributed by atoms with Crippen LogP contribution in [0.5, 0.6) is 0 Å². The van der Waals surface area contributed by atoms with Crippen molar-refractivity contribution in [1.29, 1.82) is 10.5 Å². The molecule has 0 saturated heterocycles. The summed E-state index contributed by atoms with van der Waals surface area (Å²) in [6.45, 7) is 1.69. The summed E-state index contributed by atoms with van der Waals surface area (Å²) in [7, 11) is -3.70. The minimum absolute atomic E-state index is 0.111. The Kier molecular flexibility index (Phi) is 4.08. The number of hydrogen-bond donors (Lipinski definition) is 1. The Morgan fingerprint density at radius 3 is 2.70 bits per heavy atom. The van der Waals surface area contributed by atoms with Crippen molar-refractivity contribution in [3.8, 4) is 12.1 Å². The van der Waals surface area contributed by atoms with Crippen LogP contribution in [0.4, 0.5) is 0 Å². The van der Waals surface area contributed by atoms with E-state index in [1.807, 2.05) is 6.07 Å². The molecule has 0 aromatic heterocycles. The predicted molar refractivity (Wildman–Crippen MR) is 73.0 cm³/mol. The van der Waals surface area contributed by atoms with Gasteiger partial charge in [-0.2, -0.15) is 10.5 Å². The Labute approximate surface area is 118 Å². The molecule has 104 valence electrons. The van der Waals surface area contributed by atoms with E-state index < -0.39 is 10.0 Å². The van der Waals surface area contributed by atoms with Crippen molar-refractivity contribution in [3.63, 3.8) is 0 Å². The highest BCUT2D eigenvalue weighted by Gasteiger charge is 2.31. The monoisotopic (exact) mass is 289 g/mol. The summed E-state index contributed by atoms with van der Waals surface area (Å²) >= 11 is 0. The smallest absolute Gasteiger partial charge is 0.207 e. The summed E-state index contributed by atoms with van der Waals surface area (Å²) < 4.78 is 27.4. The standard InChI is InChI=1S/C14H15N3O2S/c1-10-5-6-11(8-15)7-14(10)20(18,19)17-13-4-2-3-12(13)9-16/h5-7,12-13,17H,2-4H2,1H3. The van der Waals surface area contributed by atoms with E-state index in [9.17, 15) is 8.42 Å². The lowest BCUT2D eigenvalue weighted by molar-refractivity contribution is 0.515. The second-order valence-electron chi connectivity index (χ2n) is 4.99. The molecule has 0 bridgehead atoms. The average molecular weight is 289 g/mol. The molecular formula is C14H15N3O2S. The van der Waals surface area contributed by atoms with Crippen molar-refractivity contribution in [2.45, 2.75) is 37.1 Å². The van der Waals surface area contributed by atoms with Crippen LogP contribution in [0.1, 0.15) is 30.4 Å². The fourth-order valence-electron chi connectivity index (χ4n) is 2.48. The van der Waals surface area contributed by atoms with Crippen LogP contribution in [-0.2, 0) is 10.0 Å². The zero-order valence-corrected chi connectivity index (χ0v) is 11.9. The lowest BCUT2D eigenvalue weighted by Gasteiger charge is -2.17. The number of nitrogens with zero attached hydrogens (tertiary/aromatic N) is 2. The van der Waals surface area contributed by atoms with Crippen molar-refractivity contribution in [2.75, 3.05) is 0 Å². The highest BCUT2D eigenvalue weighted by molar-refractivity contribution is 7.89. The van der Waals surface area contributed by atoms with Crippen molar-refractivity contribution in [3.05, 3.63) is 29.3 Å². The van der Waals surface area contributed by atoms with E-state index in [1.54, 1.807) is 19.1 Å². The normalized spacial score (nSPS) is 22.1. The van der Waals surface area contributed by atoms with Crippen LogP contribution in [-0.4, -0.2) is 14.5 Å². The van der Waals surface area contributed by atoms with Crippen LogP contribution in [0.15, 0.2) is 23.1 Å². The molecule has 0 amide bonds. The Morgan fingerprint density at radius 2 is 2.05 bits per heavy atom. The lowest BCUT2D eigenvalue weighted by Crippen LogP contribution is -2.37. The van der Waals surface area contributed by atoms with Crippen LogP contribution >= 0.6 is 0 Å². The van der Waals surface area contributed by atoms with Gasteiger partial charge in [0.25, 0.3) is 0 Å². The van der Waals surface area contributed by atoms with Crippen molar-refractivity contribution in [2.24, 2.45) is 5.92 Å². The van der Waals surface area contributed by atoms with Gasteiger partial charge in [-0.15, -0.1) is 0 Å². The zero-order valence-electron chi connectivity index (χ0n) is 11.1. The van der Waals surface area contributed by atoms with Crippen LogP contribution < -0.4 is 4.72 Å². The maximum atomic E-state index is 12.4. The summed E-state index contributed by atoms with van der Waals surface area (Å²) in [4.78, 5) is 0.111. The van der Waals surface area contributed by atoms with Gasteiger partial charge in [0, 0.05) is 6.04 Å². The topological polar surface area (TPSA) is 93.8 Å². The molecule has 1 saturated carbocycles. The largest absolute Gasteiger partial charge is 0.241 e. The molecule has 1 aromatic carbocycles. The maximum absolute atomic E-state index is 12.4. The summed E-state index contributed by atoms with van der Waals surface area (Å²) in [5, 5.41) is 17.9. The first-order chi connectivity index (χ1) is 9.47. The van der Waals surface area contributed by atoms with Crippen molar-refractivity contribution < 1.29 is 8.42 Å². The molecule has 1 aromatic rings. The molecule has 20 heavy (non-hydrogen) atoms. The van der Waals surface area contributed by atoms with Gasteiger partial charge in [-0.1, -0.05) is 12.5 Å². The maximum Gasteiger partial charge on any atom is 0.241 e. The molecule has 0 radical (unpaired) electrons. The van der Waals surface area contributed by atoms with Gasteiger partial charge < -0.3 is 0 Å². The number of sulfonamides is 1. The third kappa shape index (κ3) is 2.82. The second kappa shape index (κ2) is 5.62. The molecule has 2 atom stereocenters. The van der Waals surface area contributed by atoms with Crippen LogP contribution in [0.25, 0.3) is 0 Å². The van der Waals surface area contributed by atoms with Crippen LogP contribution in [0.2, 0.25) is 0 Å². The fraction of sp³-hybridized carbons (Fsp3) is 0.429. The lowest BCUT2D eigenvalue weighted by atomic mass is 10.1. The van der Waals surface area contributed by atoms with E-state index >= 15 is 0 Å². The molecule has 2 unspecified atom stereocenters. The molecule has 5 nitrogen and oxygen atoms in total. The number of rotatable bonds is 3. The summed E-state index contributed by atoms with van der Waals surface area (Å²) in [5.74, 6) is -0.274. The Bertz CT molecular complexity index is 698. The Morgan fingerprint density at radius 1 is 1.30 bits per heavy atom. The first-order valence-electron chi connectivity index (χ1n) is 6.40. The zero-order chi connectivity index (χ0) is 14.8. The van der Waals surface area contributed by atoms with Gasteiger partial charge in [0.15, 0.2) is 0 Å². The fourth-order valence-corrected chi connectivity index (χ4v) is 4.06. The van der Waals surface area contributed by atoms with E-state index in [1.165, 1.54) is 6.07 Å². The molecule has 1 N–H and O–H groups in total. The molecule has 0 heterocycles. The highest BCUT2D eigenvalue weighted by atomic mass is 32.2. The van der Waals surface area contributed by atoms with Gasteiger partial charge in [-0.3, -0.25) is 0 Å². The van der Waals surface area contributed by atoms with Crippen LogP contribution in [0.3, 0.4) is 0 Å². The highest BCUT2D eigenvalue weighted by Crippen LogP contribution is 2.27. The molecule has 1 aliphatic rings. The minimum atomic E-state index is -3.70. The first-order valence-corrected chi connectivity index (χ1v) is 7.89. The SMILES string of the molecule is Cc1ccc(C#N)cc1S(=O)(=O)NC1CCCC1C#N. The molecular weight excluding hydrogens is 274 g/mol. The average Bonchev–Trinajstić information content (AvgIpc) is 2.85. The Hall–Kier alpha value is -1.89. The van der Waals surface area contributed by atoms with Crippen molar-refractivity contribution >= 4 is 10.0 Å². The van der Waals surface area contributed by atoms with Crippen molar-refractivity contribution in [1.82, 2.24) is 4.72 Å². The summed E-state index contributed by atoms with van der Waals surface area (Å²) in [5.41, 5.74) is 0.891. The van der Waals surface area contributed by atoms with Crippen LogP contribution in [0, 0.1) is 35.5 Å². The molecule has 1 fully saturated rings. The van der Waals surface area contributed by atoms with Gasteiger partial charge in [-0.05, 0) is 37.5 Å². The quantitative estimate of drug-likeness (QED) is 0.918. The number of nitriles is 2. The number of nitrogens with one attached hydrogen (secondary N) is 1. The van der Waals surface area contributed by atoms with E-state index in [2.05, 4.69) is 10.8 Å². The number of benzene rings is 1. The van der Waals surface area contributed by atoms with E-state index in [-0.39, 0.29) is 16.9 Å². The third-order valence-corrected chi connectivity index (χ3v) is 5.23. The number of hydrogen-bond acceptors (Lipinski definition) is 4. The van der Waals surface area contributed by atoms with Gasteiger partial charge in [0.05, 0.1) is 28.5 Å². The molecule has 1 aliphatic carbocycles. The van der Waals surface area contributed by atoms with Gasteiger partial charge in [-0.25, -0.2) is 13.1 Å². The Balaban J connectivity index is 2.32. The van der Waals surface area contributed by atoms with Gasteiger partial charge >= 0.3 is 0 Å². The molecule has 6 heteroatoms. The predicted octanol–water partition coefficient (Wildman–Crippen LogP) is 1.84. The van der Waals surface area contributed by atoms with Gasteiger partial charge in [0.2, 0.25) is 10.0 Å². The summed E-state index contributed by atoms with van der Waals surface area (Å²) in [6, 6.07) is 8.31. The second-order valence-corrected chi connectivity index (χ2v) is 6.67. The number of aryl methyl sites for hydroxylation is 1. The van der Waals surface area contributed by atoms with E-state index in [0.717, 1.165) is 12.8 Å². The molecule has 2 rings (SSSR count). The molecule has 0 spiro atoms. The minimum Gasteiger partial charge on any atom is -0.207 e. The molecule has 0 aliphatic heterocycles. The first kappa shape index (κ1) is 14.5. The van der Waals surface area contributed by atoms with Gasteiger partial charge in [0.1, 0.15) is 0 Å². The van der Waals surface area contributed by atoms with E-state index in [0.29, 0.717) is 17.5 Å². The summed E-state index contributed by atoms with van der Waals surface area (Å²) in [6.07, 6.45) is 2.25.